The summed E-state index contributed by atoms with van der Waals surface area (Å²) in [6.45, 7) is 13.7. The van der Waals surface area contributed by atoms with Crippen LogP contribution in [0, 0.1) is 5.41 Å². The van der Waals surface area contributed by atoms with Crippen molar-refractivity contribution in [3.63, 3.8) is 0 Å². The van der Waals surface area contributed by atoms with Gasteiger partial charge in [0, 0.05) is 35.8 Å². The standard InChI is InChI=1S/C27H38N6O4/c1-6-20(3)33(36-18-27(7-2)16-35-17-27)26(4,5)15-28-23-14-32-24(30-23)11-12-25(31-32)37-22-10-8-9-21(13-22)29-19-34/h8-14,19-20,28H,6-7,15-18H2,1-5H3,(H,29,34). The number of carbonyl (C=O) groups is 1. The van der Waals surface area contributed by atoms with E-state index in [1.807, 2.05) is 12.3 Å². The van der Waals surface area contributed by atoms with Crippen LogP contribution >= 0.6 is 0 Å². The van der Waals surface area contributed by atoms with Crippen LogP contribution in [0.5, 0.6) is 11.6 Å². The number of ether oxygens (including phenoxy) is 2. The van der Waals surface area contributed by atoms with Gasteiger partial charge in [0.15, 0.2) is 5.65 Å². The molecule has 37 heavy (non-hydrogen) atoms. The molecule has 0 radical (unpaired) electrons. The van der Waals surface area contributed by atoms with Crippen LogP contribution in [-0.4, -0.2) is 64.0 Å². The molecule has 1 saturated heterocycles. The monoisotopic (exact) mass is 510 g/mol. The number of nitrogens with zero attached hydrogens (tertiary/aromatic N) is 4. The number of fused-ring (bicyclic) bond motifs is 1. The summed E-state index contributed by atoms with van der Waals surface area (Å²) in [5.41, 5.74) is 1.18. The van der Waals surface area contributed by atoms with Gasteiger partial charge in [0.25, 0.3) is 0 Å². The fourth-order valence-electron chi connectivity index (χ4n) is 4.28. The Labute approximate surface area is 218 Å². The van der Waals surface area contributed by atoms with Gasteiger partial charge in [0.1, 0.15) is 11.6 Å². The van der Waals surface area contributed by atoms with Crippen molar-refractivity contribution >= 4 is 23.6 Å². The zero-order valence-corrected chi connectivity index (χ0v) is 22.4. The molecule has 0 saturated carbocycles. The van der Waals surface area contributed by atoms with E-state index in [1.54, 1.807) is 34.8 Å². The van der Waals surface area contributed by atoms with Gasteiger partial charge in [0.05, 0.1) is 31.6 Å². The molecule has 1 atom stereocenters. The lowest BCUT2D eigenvalue weighted by atomic mass is 9.84. The van der Waals surface area contributed by atoms with Crippen molar-refractivity contribution < 1.29 is 19.1 Å². The van der Waals surface area contributed by atoms with Crippen molar-refractivity contribution in [3.05, 3.63) is 42.6 Å². The minimum atomic E-state index is -0.285. The van der Waals surface area contributed by atoms with E-state index in [9.17, 15) is 4.79 Å². The number of imidazole rings is 1. The minimum Gasteiger partial charge on any atom is -0.438 e. The number of benzene rings is 1. The maximum absolute atomic E-state index is 10.7. The highest BCUT2D eigenvalue weighted by Gasteiger charge is 2.40. The number of nitrogens with one attached hydrogen (secondary N) is 2. The molecule has 1 amide bonds. The van der Waals surface area contributed by atoms with E-state index in [4.69, 9.17) is 14.3 Å². The number of hydrogen-bond acceptors (Lipinski definition) is 8. The molecule has 1 aliphatic rings. The topological polar surface area (TPSA) is 102 Å². The van der Waals surface area contributed by atoms with Crippen LogP contribution in [0.25, 0.3) is 5.65 Å². The third-order valence-electron chi connectivity index (χ3n) is 6.94. The molecule has 0 aliphatic carbocycles. The van der Waals surface area contributed by atoms with E-state index in [0.29, 0.717) is 42.5 Å². The van der Waals surface area contributed by atoms with Gasteiger partial charge < -0.3 is 20.1 Å². The Hall–Kier alpha value is -3.21. The van der Waals surface area contributed by atoms with Crippen LogP contribution in [0.1, 0.15) is 47.5 Å². The summed E-state index contributed by atoms with van der Waals surface area (Å²) in [5, 5.41) is 12.7. The molecular weight excluding hydrogens is 472 g/mol. The van der Waals surface area contributed by atoms with Crippen molar-refractivity contribution in [1.82, 2.24) is 19.7 Å². The third-order valence-corrected chi connectivity index (χ3v) is 6.94. The zero-order chi connectivity index (χ0) is 26.5. The summed E-state index contributed by atoms with van der Waals surface area (Å²) in [6.07, 6.45) is 4.49. The molecule has 2 N–H and O–H groups in total. The Bertz CT molecular complexity index is 1190. The first-order valence-electron chi connectivity index (χ1n) is 12.9. The number of hydrogen-bond donors (Lipinski definition) is 2. The van der Waals surface area contributed by atoms with Crippen LogP contribution in [-0.2, 0) is 14.4 Å². The van der Waals surface area contributed by atoms with E-state index < -0.39 is 0 Å². The Balaban J connectivity index is 1.41. The Morgan fingerprint density at radius 3 is 2.76 bits per heavy atom. The average Bonchev–Trinajstić information content (AvgIpc) is 3.27. The molecule has 3 aromatic rings. The highest BCUT2D eigenvalue weighted by atomic mass is 16.7. The molecule has 2 aromatic heterocycles. The predicted octanol–water partition coefficient (Wildman–Crippen LogP) is 4.74. The molecule has 0 bridgehead atoms. The summed E-state index contributed by atoms with van der Waals surface area (Å²) in [5.74, 6) is 1.71. The fourth-order valence-corrected chi connectivity index (χ4v) is 4.28. The molecule has 200 valence electrons. The van der Waals surface area contributed by atoms with Crippen LogP contribution in [0.2, 0.25) is 0 Å². The van der Waals surface area contributed by atoms with Crippen molar-refractivity contribution in [3.8, 4) is 11.6 Å². The first-order chi connectivity index (χ1) is 17.8. The Morgan fingerprint density at radius 2 is 2.08 bits per heavy atom. The summed E-state index contributed by atoms with van der Waals surface area (Å²) < 4.78 is 13.0. The summed E-state index contributed by atoms with van der Waals surface area (Å²) in [7, 11) is 0. The summed E-state index contributed by atoms with van der Waals surface area (Å²) >= 11 is 0. The van der Waals surface area contributed by atoms with Gasteiger partial charge in [-0.15, -0.1) is 5.10 Å². The van der Waals surface area contributed by atoms with Gasteiger partial charge in [-0.3, -0.25) is 9.63 Å². The molecule has 1 unspecified atom stereocenters. The highest BCUT2D eigenvalue weighted by Crippen LogP contribution is 2.33. The third kappa shape index (κ3) is 6.38. The largest absolute Gasteiger partial charge is 0.438 e. The van der Waals surface area contributed by atoms with E-state index in [1.165, 1.54) is 0 Å². The first kappa shape index (κ1) is 26.8. The smallest absolute Gasteiger partial charge is 0.237 e. The lowest BCUT2D eigenvalue weighted by Gasteiger charge is -2.46. The van der Waals surface area contributed by atoms with Gasteiger partial charge in [-0.2, -0.15) is 5.06 Å². The Morgan fingerprint density at radius 1 is 1.27 bits per heavy atom. The van der Waals surface area contributed by atoms with Crippen LogP contribution in [0.3, 0.4) is 0 Å². The van der Waals surface area contributed by atoms with Crippen LogP contribution in [0.4, 0.5) is 11.5 Å². The second kappa shape index (κ2) is 11.5. The SMILES string of the molecule is CCC(C)N(OCC1(CC)COC1)C(C)(C)CNc1cn2nc(Oc3cccc(NC=O)c3)ccc2n1. The lowest BCUT2D eigenvalue weighted by Crippen LogP contribution is -2.55. The maximum atomic E-state index is 10.7. The Kier molecular flexibility index (Phi) is 8.31. The highest BCUT2D eigenvalue weighted by molar-refractivity contribution is 5.71. The normalized spacial score (nSPS) is 15.8. The van der Waals surface area contributed by atoms with E-state index >= 15 is 0 Å². The van der Waals surface area contributed by atoms with Crippen LogP contribution in [0.15, 0.2) is 42.6 Å². The maximum Gasteiger partial charge on any atom is 0.237 e. The molecule has 10 nitrogen and oxygen atoms in total. The number of carbonyl (C=O) groups excluding carboxylic acids is 1. The van der Waals surface area contributed by atoms with Gasteiger partial charge in [-0.25, -0.2) is 9.50 Å². The van der Waals surface area contributed by atoms with E-state index in [2.05, 4.69) is 60.4 Å². The number of amides is 1. The fraction of sp³-hybridized carbons (Fsp3) is 0.519. The second-order valence-corrected chi connectivity index (χ2v) is 10.4. The number of hydroxylamine groups is 2. The van der Waals surface area contributed by atoms with Crippen LogP contribution < -0.4 is 15.4 Å². The molecular formula is C27H38N6O4. The van der Waals surface area contributed by atoms with Gasteiger partial charge >= 0.3 is 0 Å². The van der Waals surface area contributed by atoms with E-state index in [-0.39, 0.29) is 17.0 Å². The summed E-state index contributed by atoms with van der Waals surface area (Å²) in [6, 6.07) is 11.0. The predicted molar refractivity (Wildman–Crippen MR) is 143 cm³/mol. The first-order valence-corrected chi connectivity index (χ1v) is 12.9. The molecule has 1 aliphatic heterocycles. The quantitative estimate of drug-likeness (QED) is 0.237. The van der Waals surface area contributed by atoms with Crippen molar-refractivity contribution in [2.24, 2.45) is 5.41 Å². The molecule has 10 heteroatoms. The molecule has 1 fully saturated rings. The van der Waals surface area contributed by atoms with Gasteiger partial charge in [0.2, 0.25) is 12.3 Å². The molecule has 0 spiro atoms. The zero-order valence-electron chi connectivity index (χ0n) is 22.4. The molecule has 3 heterocycles. The lowest BCUT2D eigenvalue weighted by molar-refractivity contribution is -0.275. The average molecular weight is 511 g/mol. The molecule has 4 rings (SSSR count). The number of aromatic nitrogens is 3. The van der Waals surface area contributed by atoms with Crippen molar-refractivity contribution in [1.29, 1.82) is 0 Å². The van der Waals surface area contributed by atoms with Gasteiger partial charge in [-0.05, 0) is 51.8 Å². The number of rotatable bonds is 14. The minimum absolute atomic E-state index is 0.120. The van der Waals surface area contributed by atoms with E-state index in [0.717, 1.165) is 31.9 Å². The van der Waals surface area contributed by atoms with Gasteiger partial charge in [-0.1, -0.05) is 19.9 Å². The molecule has 1 aromatic carbocycles. The van der Waals surface area contributed by atoms with Crippen molar-refractivity contribution in [2.45, 2.75) is 59.0 Å². The second-order valence-electron chi connectivity index (χ2n) is 10.4. The number of anilines is 2. The van der Waals surface area contributed by atoms with Crippen molar-refractivity contribution in [2.75, 3.05) is 37.0 Å². The summed E-state index contributed by atoms with van der Waals surface area (Å²) in [4.78, 5) is 21.8.